The third-order valence-corrected chi connectivity index (χ3v) is 2.51. The van der Waals surface area contributed by atoms with Crippen LogP contribution in [0.5, 0.6) is 0 Å². The zero-order valence-corrected chi connectivity index (χ0v) is 9.73. The maximum atomic E-state index is 11.8. The lowest BCUT2D eigenvalue weighted by Crippen LogP contribution is -2.35. The van der Waals surface area contributed by atoms with E-state index in [4.69, 9.17) is 11.5 Å². The number of fused-ring (bicyclic) bond motifs is 1. The summed E-state index contributed by atoms with van der Waals surface area (Å²) >= 11 is 0. The number of nitrogen functional groups attached to an aromatic ring is 1. The summed E-state index contributed by atoms with van der Waals surface area (Å²) in [5.74, 6) is -0.641. The van der Waals surface area contributed by atoms with Crippen molar-refractivity contribution in [3.05, 3.63) is 35.7 Å². The summed E-state index contributed by atoms with van der Waals surface area (Å²) in [6, 6.07) is 4.39. The van der Waals surface area contributed by atoms with E-state index in [0.717, 1.165) is 5.56 Å². The molecule has 2 rings (SSSR count). The number of amides is 3. The fraction of sp³-hybridized carbons (Fsp3) is 0.0833. The van der Waals surface area contributed by atoms with Crippen molar-refractivity contribution in [1.82, 2.24) is 10.3 Å². The molecule has 0 saturated heterocycles. The number of anilines is 1. The number of hydrogen-bond donors (Lipinski definition) is 3. The predicted octanol–water partition coefficient (Wildman–Crippen LogP) is 0.934. The third kappa shape index (κ3) is 2.08. The van der Waals surface area contributed by atoms with Crippen molar-refractivity contribution in [3.8, 4) is 0 Å². The number of nitrogens with zero attached hydrogens (tertiary/aromatic N) is 1. The molecule has 0 saturated carbocycles. The maximum absolute atomic E-state index is 11.8. The summed E-state index contributed by atoms with van der Waals surface area (Å²) in [7, 11) is 0. The molecular formula is C12H12N4O2. The van der Waals surface area contributed by atoms with E-state index in [-0.39, 0.29) is 5.69 Å². The van der Waals surface area contributed by atoms with Crippen LogP contribution in [0.25, 0.3) is 10.8 Å². The first-order chi connectivity index (χ1) is 8.49. The van der Waals surface area contributed by atoms with Gasteiger partial charge in [0.2, 0.25) is 0 Å². The van der Waals surface area contributed by atoms with Gasteiger partial charge in [-0.1, -0.05) is 0 Å². The molecule has 92 valence electrons. The lowest BCUT2D eigenvalue weighted by Gasteiger charge is -2.08. The van der Waals surface area contributed by atoms with E-state index in [9.17, 15) is 9.59 Å². The molecule has 2 aromatic rings. The molecule has 1 aromatic carbocycles. The minimum atomic E-state index is -0.917. The Morgan fingerprint density at radius 3 is 2.67 bits per heavy atom. The summed E-state index contributed by atoms with van der Waals surface area (Å²) in [6.45, 7) is 1.86. The topological polar surface area (TPSA) is 111 Å². The lowest BCUT2D eigenvalue weighted by molar-refractivity contribution is 0.0963. The first-order valence-corrected chi connectivity index (χ1v) is 5.24. The highest BCUT2D eigenvalue weighted by Crippen LogP contribution is 2.24. The van der Waals surface area contributed by atoms with Crippen LogP contribution < -0.4 is 16.8 Å². The molecule has 5 N–H and O–H groups in total. The molecule has 0 aliphatic rings. The molecule has 6 nitrogen and oxygen atoms in total. The Labute approximate surface area is 103 Å². The highest BCUT2D eigenvalue weighted by molar-refractivity contribution is 6.12. The molecule has 0 fully saturated rings. The van der Waals surface area contributed by atoms with E-state index in [1.807, 2.05) is 12.2 Å². The van der Waals surface area contributed by atoms with E-state index in [1.165, 1.54) is 6.20 Å². The quantitative estimate of drug-likeness (QED) is 0.648. The van der Waals surface area contributed by atoms with Gasteiger partial charge in [-0.3, -0.25) is 15.1 Å². The normalized spacial score (nSPS) is 10.3. The molecule has 1 heterocycles. The molecule has 0 aliphatic heterocycles. The number of nitrogens with two attached hydrogens (primary N) is 2. The number of benzene rings is 1. The Hall–Kier alpha value is -2.63. The number of primary amides is 1. The number of imide groups is 1. The van der Waals surface area contributed by atoms with Crippen LogP contribution in [0, 0.1) is 6.92 Å². The van der Waals surface area contributed by atoms with E-state index < -0.39 is 11.9 Å². The molecule has 18 heavy (non-hydrogen) atoms. The van der Waals surface area contributed by atoms with Crippen molar-refractivity contribution in [1.29, 1.82) is 0 Å². The summed E-state index contributed by atoms with van der Waals surface area (Å²) in [5, 5.41) is 3.29. The van der Waals surface area contributed by atoms with Crippen LogP contribution in [0.2, 0.25) is 0 Å². The molecule has 0 bridgehead atoms. The number of carbonyl (C=O) groups is 2. The first-order valence-electron chi connectivity index (χ1n) is 5.24. The van der Waals surface area contributed by atoms with E-state index in [1.54, 1.807) is 18.2 Å². The van der Waals surface area contributed by atoms with Crippen molar-refractivity contribution in [3.63, 3.8) is 0 Å². The van der Waals surface area contributed by atoms with Crippen LogP contribution in [-0.2, 0) is 0 Å². The van der Waals surface area contributed by atoms with Crippen LogP contribution >= 0.6 is 0 Å². The second-order valence-electron chi connectivity index (χ2n) is 3.93. The highest BCUT2D eigenvalue weighted by Gasteiger charge is 2.14. The van der Waals surface area contributed by atoms with Crippen molar-refractivity contribution >= 4 is 28.4 Å². The Kier molecular flexibility index (Phi) is 2.85. The fourth-order valence-corrected chi connectivity index (χ4v) is 1.82. The standard InChI is InChI=1S/C12H12N4O2/c1-6-4-8-7(9(13)5-6)2-3-15-10(8)11(17)16-12(14)18/h2-5H,13H2,1H3,(H3,14,16,17,18). The van der Waals surface area contributed by atoms with Crippen LogP contribution in [0.4, 0.5) is 10.5 Å². The van der Waals surface area contributed by atoms with Gasteiger partial charge in [0, 0.05) is 22.7 Å². The molecule has 6 heteroatoms. The average molecular weight is 244 g/mol. The van der Waals surface area contributed by atoms with Gasteiger partial charge in [0.05, 0.1) is 0 Å². The number of aromatic nitrogens is 1. The summed E-state index contributed by atoms with van der Waals surface area (Å²) < 4.78 is 0. The van der Waals surface area contributed by atoms with Crippen molar-refractivity contribution in [2.45, 2.75) is 6.92 Å². The Bertz CT molecular complexity index is 652. The van der Waals surface area contributed by atoms with Crippen LogP contribution in [0.1, 0.15) is 16.1 Å². The average Bonchev–Trinajstić information content (AvgIpc) is 2.27. The molecule has 1 aromatic heterocycles. The minimum absolute atomic E-state index is 0.127. The van der Waals surface area contributed by atoms with Gasteiger partial charge in [0.25, 0.3) is 5.91 Å². The monoisotopic (exact) mass is 244 g/mol. The number of aryl methyl sites for hydroxylation is 1. The number of pyridine rings is 1. The van der Waals surface area contributed by atoms with Crippen molar-refractivity contribution < 1.29 is 9.59 Å². The maximum Gasteiger partial charge on any atom is 0.319 e. The van der Waals surface area contributed by atoms with Gasteiger partial charge < -0.3 is 11.5 Å². The minimum Gasteiger partial charge on any atom is -0.398 e. The van der Waals surface area contributed by atoms with E-state index in [2.05, 4.69) is 4.98 Å². The van der Waals surface area contributed by atoms with Crippen molar-refractivity contribution in [2.24, 2.45) is 5.73 Å². The SMILES string of the molecule is Cc1cc(N)c2ccnc(C(=O)NC(N)=O)c2c1. The van der Waals surface area contributed by atoms with Gasteiger partial charge in [-0.2, -0.15) is 0 Å². The Morgan fingerprint density at radius 2 is 2.00 bits per heavy atom. The highest BCUT2D eigenvalue weighted by atomic mass is 16.2. The third-order valence-electron chi connectivity index (χ3n) is 2.51. The summed E-state index contributed by atoms with van der Waals surface area (Å²) in [5.41, 5.74) is 12.4. The van der Waals surface area contributed by atoms with Crippen LogP contribution in [0.3, 0.4) is 0 Å². The predicted molar refractivity (Wildman–Crippen MR) is 67.9 cm³/mol. The van der Waals surface area contributed by atoms with Gasteiger partial charge in [0.15, 0.2) is 0 Å². The molecule has 0 spiro atoms. The molecular weight excluding hydrogens is 232 g/mol. The molecule has 0 aliphatic carbocycles. The van der Waals surface area contributed by atoms with E-state index >= 15 is 0 Å². The number of nitrogens with one attached hydrogen (secondary N) is 1. The summed E-state index contributed by atoms with van der Waals surface area (Å²) in [4.78, 5) is 26.4. The van der Waals surface area contributed by atoms with Crippen LogP contribution in [-0.4, -0.2) is 16.9 Å². The molecule has 0 unspecified atom stereocenters. The zero-order chi connectivity index (χ0) is 13.3. The van der Waals surface area contributed by atoms with Crippen molar-refractivity contribution in [2.75, 3.05) is 5.73 Å². The second-order valence-corrected chi connectivity index (χ2v) is 3.93. The second kappa shape index (κ2) is 4.33. The Morgan fingerprint density at radius 1 is 1.28 bits per heavy atom. The van der Waals surface area contributed by atoms with Crippen LogP contribution in [0.15, 0.2) is 24.4 Å². The van der Waals surface area contributed by atoms with Gasteiger partial charge in [-0.05, 0) is 30.7 Å². The number of hydrogen-bond acceptors (Lipinski definition) is 4. The number of urea groups is 1. The van der Waals surface area contributed by atoms with Gasteiger partial charge in [0.1, 0.15) is 5.69 Å². The van der Waals surface area contributed by atoms with Gasteiger partial charge >= 0.3 is 6.03 Å². The zero-order valence-electron chi connectivity index (χ0n) is 9.73. The van der Waals surface area contributed by atoms with Gasteiger partial charge in [-0.25, -0.2) is 4.79 Å². The number of rotatable bonds is 1. The lowest BCUT2D eigenvalue weighted by atomic mass is 10.0. The fourth-order valence-electron chi connectivity index (χ4n) is 1.82. The smallest absolute Gasteiger partial charge is 0.319 e. The van der Waals surface area contributed by atoms with Gasteiger partial charge in [-0.15, -0.1) is 0 Å². The molecule has 3 amide bonds. The van der Waals surface area contributed by atoms with E-state index in [0.29, 0.717) is 16.5 Å². The number of carbonyl (C=O) groups excluding carboxylic acids is 2. The summed E-state index contributed by atoms with van der Waals surface area (Å²) in [6.07, 6.45) is 1.46. The molecule has 0 atom stereocenters. The Balaban J connectivity index is 2.65. The first kappa shape index (κ1) is 11.8. The molecule has 0 radical (unpaired) electrons. The largest absolute Gasteiger partial charge is 0.398 e.